The molecule has 3 aromatic carbocycles. The fraction of sp³-hybridized carbons (Fsp3) is 0.130. The molecule has 0 bridgehead atoms. The number of ether oxygens (including phenoxy) is 1. The average molecular weight is 468 g/mol. The molecular formula is C23H22BrN3O3. The second-order valence-electron chi connectivity index (χ2n) is 6.62. The largest absolute Gasteiger partial charge is 0.495 e. The van der Waals surface area contributed by atoms with E-state index in [1.165, 1.54) is 0 Å². The Hall–Kier alpha value is -3.32. The molecule has 0 aliphatic heterocycles. The van der Waals surface area contributed by atoms with Crippen LogP contribution in [0.1, 0.15) is 15.9 Å². The van der Waals surface area contributed by atoms with Crippen molar-refractivity contribution >= 4 is 44.8 Å². The number of para-hydroxylation sites is 2. The first-order valence-corrected chi connectivity index (χ1v) is 10.1. The maximum atomic E-state index is 12.5. The van der Waals surface area contributed by atoms with E-state index >= 15 is 0 Å². The van der Waals surface area contributed by atoms with E-state index in [9.17, 15) is 9.59 Å². The normalized spacial score (nSPS) is 10.2. The summed E-state index contributed by atoms with van der Waals surface area (Å²) in [7, 11) is 1.55. The highest BCUT2D eigenvalue weighted by Gasteiger charge is 2.10. The first kappa shape index (κ1) is 21.4. The van der Waals surface area contributed by atoms with Crippen LogP contribution in [0.15, 0.2) is 71.2 Å². The summed E-state index contributed by atoms with van der Waals surface area (Å²) in [4.78, 5) is 24.7. The van der Waals surface area contributed by atoms with Crippen molar-refractivity contribution in [3.63, 3.8) is 0 Å². The molecule has 3 rings (SSSR count). The number of nitrogens with one attached hydrogen (secondary N) is 3. The van der Waals surface area contributed by atoms with Gasteiger partial charge in [-0.05, 0) is 76.9 Å². The minimum atomic E-state index is -0.261. The van der Waals surface area contributed by atoms with Gasteiger partial charge in [-0.1, -0.05) is 18.2 Å². The summed E-state index contributed by atoms with van der Waals surface area (Å²) < 4.78 is 6.15. The summed E-state index contributed by atoms with van der Waals surface area (Å²) in [5.41, 5.74) is 3.65. The quantitative estimate of drug-likeness (QED) is 0.453. The van der Waals surface area contributed by atoms with Gasteiger partial charge in [0.05, 0.1) is 19.3 Å². The van der Waals surface area contributed by atoms with Crippen LogP contribution < -0.4 is 20.7 Å². The lowest BCUT2D eigenvalue weighted by atomic mass is 10.2. The van der Waals surface area contributed by atoms with Gasteiger partial charge in [0.1, 0.15) is 5.75 Å². The lowest BCUT2D eigenvalue weighted by Gasteiger charge is -2.11. The van der Waals surface area contributed by atoms with Crippen LogP contribution in [-0.4, -0.2) is 25.5 Å². The lowest BCUT2D eigenvalue weighted by Crippen LogP contribution is -2.22. The number of benzene rings is 3. The summed E-state index contributed by atoms with van der Waals surface area (Å²) in [5.74, 6) is 0.138. The average Bonchev–Trinajstić information content (AvgIpc) is 2.74. The molecule has 154 valence electrons. The number of carbonyl (C=O) groups excluding carboxylic acids is 2. The fourth-order valence-electron chi connectivity index (χ4n) is 2.79. The van der Waals surface area contributed by atoms with Gasteiger partial charge in [0, 0.05) is 21.4 Å². The first-order chi connectivity index (χ1) is 14.5. The summed E-state index contributed by atoms with van der Waals surface area (Å²) in [6, 6.07) is 19.8. The molecule has 0 aliphatic rings. The van der Waals surface area contributed by atoms with Crippen molar-refractivity contribution in [2.45, 2.75) is 6.92 Å². The Labute approximate surface area is 183 Å². The number of hydrogen-bond acceptors (Lipinski definition) is 4. The van der Waals surface area contributed by atoms with Crippen LogP contribution in [0, 0.1) is 6.92 Å². The number of anilines is 3. The third-order valence-corrected chi connectivity index (χ3v) is 5.01. The SMILES string of the molecule is COc1ccccc1NC(=O)c1ccc(NC(=O)CNc2ccc(C)cc2Br)cc1. The van der Waals surface area contributed by atoms with Crippen molar-refractivity contribution in [2.75, 3.05) is 29.6 Å². The van der Waals surface area contributed by atoms with E-state index in [1.54, 1.807) is 43.5 Å². The van der Waals surface area contributed by atoms with Gasteiger partial charge in [0.25, 0.3) is 5.91 Å². The molecule has 7 heteroatoms. The molecule has 3 aromatic rings. The Bertz CT molecular complexity index is 1050. The molecule has 0 aromatic heterocycles. The van der Waals surface area contributed by atoms with Gasteiger partial charge < -0.3 is 20.7 Å². The van der Waals surface area contributed by atoms with E-state index in [4.69, 9.17) is 4.74 Å². The molecule has 6 nitrogen and oxygen atoms in total. The summed E-state index contributed by atoms with van der Waals surface area (Å²) in [6.45, 7) is 2.12. The molecule has 0 aliphatic carbocycles. The Morgan fingerprint density at radius 2 is 1.67 bits per heavy atom. The predicted molar refractivity (Wildman–Crippen MR) is 123 cm³/mol. The van der Waals surface area contributed by atoms with Gasteiger partial charge in [0.15, 0.2) is 0 Å². The van der Waals surface area contributed by atoms with Crippen molar-refractivity contribution in [1.82, 2.24) is 0 Å². The minimum absolute atomic E-state index is 0.123. The van der Waals surface area contributed by atoms with Gasteiger partial charge in [-0.15, -0.1) is 0 Å². The third-order valence-electron chi connectivity index (χ3n) is 4.35. The van der Waals surface area contributed by atoms with Crippen molar-refractivity contribution in [2.24, 2.45) is 0 Å². The number of amides is 2. The van der Waals surface area contributed by atoms with Crippen LogP contribution in [0.3, 0.4) is 0 Å². The Morgan fingerprint density at radius 3 is 2.37 bits per heavy atom. The summed E-state index contributed by atoms with van der Waals surface area (Å²) >= 11 is 3.48. The number of methoxy groups -OCH3 is 1. The molecule has 0 saturated heterocycles. The Morgan fingerprint density at radius 1 is 0.933 bits per heavy atom. The van der Waals surface area contributed by atoms with Crippen LogP contribution in [0.2, 0.25) is 0 Å². The standard InChI is InChI=1S/C23H22BrN3O3/c1-15-7-12-19(18(24)13-15)25-14-22(28)26-17-10-8-16(9-11-17)23(29)27-20-5-3-4-6-21(20)30-2/h3-13,25H,14H2,1-2H3,(H,26,28)(H,27,29). The molecule has 0 heterocycles. The van der Waals surface area contributed by atoms with E-state index in [1.807, 2.05) is 37.3 Å². The van der Waals surface area contributed by atoms with Crippen LogP contribution >= 0.6 is 15.9 Å². The Balaban J connectivity index is 1.56. The predicted octanol–water partition coefficient (Wildman–Crippen LogP) is 5.07. The van der Waals surface area contributed by atoms with E-state index in [-0.39, 0.29) is 18.4 Å². The monoisotopic (exact) mass is 467 g/mol. The van der Waals surface area contributed by atoms with E-state index < -0.39 is 0 Å². The molecular weight excluding hydrogens is 446 g/mol. The zero-order valence-electron chi connectivity index (χ0n) is 16.7. The molecule has 30 heavy (non-hydrogen) atoms. The number of rotatable bonds is 7. The fourth-order valence-corrected chi connectivity index (χ4v) is 3.42. The van der Waals surface area contributed by atoms with Gasteiger partial charge in [0.2, 0.25) is 5.91 Å². The van der Waals surface area contributed by atoms with Crippen LogP contribution in [0.25, 0.3) is 0 Å². The number of halogens is 1. The van der Waals surface area contributed by atoms with Crippen molar-refractivity contribution < 1.29 is 14.3 Å². The number of aryl methyl sites for hydroxylation is 1. The molecule has 0 fully saturated rings. The lowest BCUT2D eigenvalue weighted by molar-refractivity contribution is -0.114. The zero-order valence-corrected chi connectivity index (χ0v) is 18.2. The highest BCUT2D eigenvalue weighted by molar-refractivity contribution is 9.10. The zero-order chi connectivity index (χ0) is 21.5. The molecule has 2 amide bonds. The molecule has 0 saturated carbocycles. The number of carbonyl (C=O) groups is 2. The maximum absolute atomic E-state index is 12.5. The van der Waals surface area contributed by atoms with E-state index in [0.29, 0.717) is 22.7 Å². The van der Waals surface area contributed by atoms with E-state index in [0.717, 1.165) is 15.7 Å². The second kappa shape index (κ2) is 9.93. The van der Waals surface area contributed by atoms with Crippen LogP contribution in [0.5, 0.6) is 5.75 Å². The van der Waals surface area contributed by atoms with Gasteiger partial charge in [-0.25, -0.2) is 0 Å². The maximum Gasteiger partial charge on any atom is 0.255 e. The van der Waals surface area contributed by atoms with Crippen molar-refractivity contribution in [1.29, 1.82) is 0 Å². The van der Waals surface area contributed by atoms with Crippen LogP contribution in [0.4, 0.5) is 17.1 Å². The first-order valence-electron chi connectivity index (χ1n) is 9.30. The van der Waals surface area contributed by atoms with Crippen molar-refractivity contribution in [3.8, 4) is 5.75 Å². The molecule has 0 spiro atoms. The summed E-state index contributed by atoms with van der Waals surface area (Å²) in [5, 5.41) is 8.72. The second-order valence-corrected chi connectivity index (χ2v) is 7.47. The van der Waals surface area contributed by atoms with Gasteiger partial charge >= 0.3 is 0 Å². The van der Waals surface area contributed by atoms with E-state index in [2.05, 4.69) is 31.9 Å². The van der Waals surface area contributed by atoms with Crippen LogP contribution in [-0.2, 0) is 4.79 Å². The smallest absolute Gasteiger partial charge is 0.255 e. The molecule has 3 N–H and O–H groups in total. The number of hydrogen-bond donors (Lipinski definition) is 3. The molecule has 0 atom stereocenters. The van der Waals surface area contributed by atoms with Gasteiger partial charge in [-0.3, -0.25) is 9.59 Å². The minimum Gasteiger partial charge on any atom is -0.495 e. The molecule has 0 radical (unpaired) electrons. The highest BCUT2D eigenvalue weighted by atomic mass is 79.9. The van der Waals surface area contributed by atoms with Crippen molar-refractivity contribution in [3.05, 3.63) is 82.3 Å². The highest BCUT2D eigenvalue weighted by Crippen LogP contribution is 2.24. The third kappa shape index (κ3) is 5.61. The summed E-state index contributed by atoms with van der Waals surface area (Å²) in [6.07, 6.45) is 0. The molecule has 0 unspecified atom stereocenters. The topological polar surface area (TPSA) is 79.5 Å². The Kier molecular flexibility index (Phi) is 7.08. The van der Waals surface area contributed by atoms with Gasteiger partial charge in [-0.2, -0.15) is 0 Å².